The average molecular weight is 587 g/mol. The summed E-state index contributed by atoms with van der Waals surface area (Å²) >= 11 is 0. The number of aliphatic hydroxyl groups is 1. The Morgan fingerprint density at radius 2 is 2.07 bits per heavy atom. The van der Waals surface area contributed by atoms with Gasteiger partial charge in [0.25, 0.3) is 5.56 Å². The first-order valence-corrected chi connectivity index (χ1v) is 14.7. The number of nitrogens with zero attached hydrogens (tertiary/aromatic N) is 5. The van der Waals surface area contributed by atoms with E-state index in [-0.39, 0.29) is 29.1 Å². The molecule has 3 aromatic heterocycles. The van der Waals surface area contributed by atoms with E-state index in [2.05, 4.69) is 51.9 Å². The van der Waals surface area contributed by atoms with Gasteiger partial charge in [0.05, 0.1) is 6.61 Å². The molecule has 0 atom stereocenters. The molecular formula is C32H42N8O3. The highest BCUT2D eigenvalue weighted by Gasteiger charge is 2.32. The number of aliphatic hydroxyl groups excluding tert-OH is 1. The number of amides is 1. The van der Waals surface area contributed by atoms with Gasteiger partial charge in [0.1, 0.15) is 17.3 Å². The van der Waals surface area contributed by atoms with E-state index in [0.29, 0.717) is 42.1 Å². The number of nitrogens with one attached hydrogen (secondary N) is 3. The lowest BCUT2D eigenvalue weighted by molar-refractivity contribution is -0.107. The zero-order valence-electron chi connectivity index (χ0n) is 25.7. The first-order chi connectivity index (χ1) is 20.5. The van der Waals surface area contributed by atoms with Gasteiger partial charge in [0.2, 0.25) is 6.41 Å². The Hall–Kier alpha value is -4.22. The van der Waals surface area contributed by atoms with E-state index in [4.69, 9.17) is 5.41 Å². The van der Waals surface area contributed by atoms with Crippen molar-refractivity contribution in [1.29, 1.82) is 5.41 Å². The maximum absolute atomic E-state index is 13.0. The van der Waals surface area contributed by atoms with E-state index < -0.39 is 0 Å². The highest BCUT2D eigenvalue weighted by molar-refractivity contribution is 6.02. The molecule has 0 spiro atoms. The fourth-order valence-corrected chi connectivity index (χ4v) is 6.31. The number of likely N-dealkylation sites (N-methyl/N-ethyl adjacent to an activating group) is 1. The average Bonchev–Trinajstić information content (AvgIpc) is 3.40. The Bertz CT molecular complexity index is 1630. The van der Waals surface area contributed by atoms with E-state index in [1.54, 1.807) is 37.7 Å². The van der Waals surface area contributed by atoms with Crippen LogP contribution in [-0.2, 0) is 37.8 Å². The summed E-state index contributed by atoms with van der Waals surface area (Å²) in [6.07, 6.45) is 7.79. The van der Waals surface area contributed by atoms with Gasteiger partial charge in [0, 0.05) is 86.5 Å². The molecule has 4 heterocycles. The van der Waals surface area contributed by atoms with Gasteiger partial charge in [-0.3, -0.25) is 24.8 Å². The molecule has 2 aliphatic rings. The van der Waals surface area contributed by atoms with Crippen molar-refractivity contribution in [2.75, 3.05) is 43.4 Å². The van der Waals surface area contributed by atoms with Crippen molar-refractivity contribution in [2.24, 2.45) is 12.5 Å². The molecule has 1 aliphatic heterocycles. The van der Waals surface area contributed by atoms with Crippen molar-refractivity contribution in [3.8, 4) is 11.1 Å². The zero-order chi connectivity index (χ0) is 30.9. The van der Waals surface area contributed by atoms with E-state index in [0.717, 1.165) is 38.0 Å². The summed E-state index contributed by atoms with van der Waals surface area (Å²) < 4.78 is 3.74. The number of anilines is 2. The van der Waals surface area contributed by atoms with E-state index in [1.807, 2.05) is 7.05 Å². The van der Waals surface area contributed by atoms with Crippen LogP contribution in [0.2, 0.25) is 0 Å². The third-order valence-electron chi connectivity index (χ3n) is 8.34. The molecular weight excluding hydrogens is 544 g/mol. The van der Waals surface area contributed by atoms with Crippen molar-refractivity contribution in [3.63, 3.8) is 0 Å². The molecule has 11 nitrogen and oxygen atoms in total. The van der Waals surface area contributed by atoms with Crippen LogP contribution >= 0.6 is 0 Å². The molecule has 43 heavy (non-hydrogen) atoms. The number of hydrogen-bond donors (Lipinski definition) is 4. The Morgan fingerprint density at radius 3 is 2.79 bits per heavy atom. The predicted molar refractivity (Wildman–Crippen MR) is 170 cm³/mol. The number of aryl methyl sites for hydroxylation is 2. The lowest BCUT2D eigenvalue weighted by Gasteiger charge is -2.26. The second-order valence-corrected chi connectivity index (χ2v) is 12.5. The van der Waals surface area contributed by atoms with Gasteiger partial charge in [-0.25, -0.2) is 4.98 Å². The molecule has 4 N–H and O–H groups in total. The minimum atomic E-state index is -0.346. The largest absolute Gasteiger partial charge is 0.392 e. The lowest BCUT2D eigenvalue weighted by Crippen LogP contribution is -2.40. The van der Waals surface area contributed by atoms with Crippen LogP contribution < -0.4 is 21.1 Å². The quantitative estimate of drug-likeness (QED) is 0.172. The number of aromatic nitrogens is 3. The van der Waals surface area contributed by atoms with Crippen molar-refractivity contribution in [3.05, 3.63) is 75.2 Å². The third kappa shape index (κ3) is 6.42. The number of pyridine rings is 2. The molecule has 11 heteroatoms. The maximum atomic E-state index is 13.0. The van der Waals surface area contributed by atoms with Gasteiger partial charge in [-0.15, -0.1) is 0 Å². The fourth-order valence-electron chi connectivity index (χ4n) is 6.31. The minimum Gasteiger partial charge on any atom is -0.392 e. The van der Waals surface area contributed by atoms with E-state index in [1.165, 1.54) is 26.4 Å². The number of rotatable bonds is 9. The molecule has 3 aromatic rings. The van der Waals surface area contributed by atoms with Crippen LogP contribution in [0.15, 0.2) is 47.2 Å². The standard InChI is InChI=1S/C32H42N8O3/c1-21-12-22-15-32(2,3)16-28(22)40(21)11-10-39(20-42)30-26(19-41)25(6-7-35-30)23-13-27(31(43)38(5)17-23)36-29(33)14-24-18-37(4)9-8-34-24/h6-7,12-14,17,20,34,41H,8-11,15-16,18-19H2,1-5H3,(H2,33,36)/b24-14-. The Morgan fingerprint density at radius 1 is 1.28 bits per heavy atom. The number of carbonyl (C=O) groups excluding carboxylic acids is 1. The number of hydrogen-bond acceptors (Lipinski definition) is 7. The SMILES string of the molecule is Cc1cc2c(n1CCN(C=O)c1nccc(-c3cc(NC(=N)/C=C4/CN(C)CCN4)c(=O)n(C)c3)c1CO)CC(C)(C)C2. The number of fused-ring (bicyclic) bond motifs is 1. The predicted octanol–water partition coefficient (Wildman–Crippen LogP) is 2.65. The second kappa shape index (κ2) is 12.2. The van der Waals surface area contributed by atoms with Crippen LogP contribution in [0.3, 0.4) is 0 Å². The van der Waals surface area contributed by atoms with Crippen molar-refractivity contribution in [2.45, 2.75) is 46.8 Å². The zero-order valence-corrected chi connectivity index (χ0v) is 25.7. The molecule has 228 valence electrons. The third-order valence-corrected chi connectivity index (χ3v) is 8.34. The highest BCUT2D eigenvalue weighted by Crippen LogP contribution is 2.38. The number of amidine groups is 1. The summed E-state index contributed by atoms with van der Waals surface area (Å²) in [4.78, 5) is 33.5. The van der Waals surface area contributed by atoms with Crippen LogP contribution in [0.4, 0.5) is 11.5 Å². The fraction of sp³-hybridized carbons (Fsp3) is 0.438. The van der Waals surface area contributed by atoms with Crippen LogP contribution in [-0.4, -0.2) is 69.6 Å². The van der Waals surface area contributed by atoms with Crippen LogP contribution in [0, 0.1) is 17.7 Å². The molecule has 0 saturated carbocycles. The van der Waals surface area contributed by atoms with Gasteiger partial charge in [0.15, 0.2) is 0 Å². The van der Waals surface area contributed by atoms with Gasteiger partial charge in [-0.1, -0.05) is 13.8 Å². The summed E-state index contributed by atoms with van der Waals surface area (Å²) in [6, 6.07) is 5.69. The number of piperazine rings is 1. The smallest absolute Gasteiger partial charge is 0.274 e. The number of carbonyl (C=O) groups is 1. The summed E-state index contributed by atoms with van der Waals surface area (Å²) in [5, 5.41) is 25.2. The Balaban J connectivity index is 1.41. The molecule has 0 aromatic carbocycles. The van der Waals surface area contributed by atoms with Gasteiger partial charge in [-0.2, -0.15) is 0 Å². The molecule has 1 amide bonds. The molecule has 1 saturated heterocycles. The van der Waals surface area contributed by atoms with Gasteiger partial charge < -0.3 is 24.9 Å². The molecule has 1 aliphatic carbocycles. The second-order valence-electron chi connectivity index (χ2n) is 12.5. The minimum absolute atomic E-state index is 0.0900. The van der Waals surface area contributed by atoms with E-state index in [9.17, 15) is 14.7 Å². The summed E-state index contributed by atoms with van der Waals surface area (Å²) in [5.41, 5.74) is 6.75. The van der Waals surface area contributed by atoms with Gasteiger partial charge in [-0.05, 0) is 61.6 Å². The van der Waals surface area contributed by atoms with Crippen molar-refractivity contribution < 1.29 is 9.90 Å². The van der Waals surface area contributed by atoms with Crippen molar-refractivity contribution in [1.82, 2.24) is 24.3 Å². The van der Waals surface area contributed by atoms with Crippen LogP contribution in [0.25, 0.3) is 11.1 Å². The topological polar surface area (TPSA) is 132 Å². The molecule has 1 fully saturated rings. The normalized spacial score (nSPS) is 17.0. The molecule has 0 bridgehead atoms. The summed E-state index contributed by atoms with van der Waals surface area (Å²) in [7, 11) is 3.67. The lowest BCUT2D eigenvalue weighted by atomic mass is 9.90. The van der Waals surface area contributed by atoms with Crippen molar-refractivity contribution >= 4 is 23.8 Å². The van der Waals surface area contributed by atoms with Gasteiger partial charge >= 0.3 is 0 Å². The molecule has 0 radical (unpaired) electrons. The maximum Gasteiger partial charge on any atom is 0.274 e. The molecule has 5 rings (SSSR count). The highest BCUT2D eigenvalue weighted by atomic mass is 16.3. The Labute approximate surface area is 252 Å². The monoisotopic (exact) mass is 586 g/mol. The first kappa shape index (κ1) is 30.2. The van der Waals surface area contributed by atoms with Crippen LogP contribution in [0.1, 0.15) is 36.4 Å². The Kier molecular flexibility index (Phi) is 8.57. The van der Waals surface area contributed by atoms with E-state index >= 15 is 0 Å². The molecule has 0 unspecified atom stereocenters. The van der Waals surface area contributed by atoms with Crippen LogP contribution in [0.5, 0.6) is 0 Å². The summed E-state index contributed by atoms with van der Waals surface area (Å²) in [5.74, 6) is 0.470. The first-order valence-electron chi connectivity index (χ1n) is 14.7. The summed E-state index contributed by atoms with van der Waals surface area (Å²) in [6.45, 7) is 9.73.